The molecule has 1 aliphatic heterocycles. The molecule has 1 atom stereocenters. The summed E-state index contributed by atoms with van der Waals surface area (Å²) in [5.74, 6) is 1.80. The number of Topliss-reactive ketones (excluding diaryl/α,β-unsaturated/α-hetero) is 1. The van der Waals surface area contributed by atoms with Crippen LogP contribution in [0, 0.1) is 17.2 Å². The Morgan fingerprint density at radius 3 is 1.45 bits per heavy atom. The number of nitrogen functional groups attached to an aromatic ring is 3. The molecule has 1 saturated carbocycles. The number of carbonyl (C=O) groups is 1. The number of aryl methyl sites for hydroxylation is 1. The highest BCUT2D eigenvalue weighted by atomic mass is 16.1. The van der Waals surface area contributed by atoms with Gasteiger partial charge in [0.05, 0.1) is 47.4 Å². The van der Waals surface area contributed by atoms with Crippen LogP contribution in [0.15, 0.2) is 165 Å². The lowest BCUT2D eigenvalue weighted by Gasteiger charge is -2.07. The number of ketones is 1. The number of hydrogen-bond acceptors (Lipinski definition) is 14. The van der Waals surface area contributed by atoms with Crippen LogP contribution in [-0.2, 0) is 30.7 Å². The first-order valence-corrected chi connectivity index (χ1v) is 25.1. The third kappa shape index (κ3) is 9.95. The Hall–Kier alpha value is -9.92. The molecule has 0 amide bonds. The molecule has 14 rings (SSSR count). The van der Waals surface area contributed by atoms with Gasteiger partial charge in [0.25, 0.3) is 0 Å². The molecule has 9 heterocycles. The summed E-state index contributed by atoms with van der Waals surface area (Å²) in [6.07, 6.45) is 16.3. The molecule has 17 nitrogen and oxygen atoms in total. The number of fused-ring (bicyclic) bond motifs is 4. The van der Waals surface area contributed by atoms with Gasteiger partial charge in [-0.2, -0.15) is 29.6 Å². The number of nitrogens with one attached hydrogen (secondary N) is 2. The number of rotatable bonds is 6. The van der Waals surface area contributed by atoms with E-state index in [1.807, 2.05) is 122 Å². The number of anilines is 3. The van der Waals surface area contributed by atoms with Crippen molar-refractivity contribution in [1.29, 1.82) is 5.26 Å². The van der Waals surface area contributed by atoms with Gasteiger partial charge < -0.3 is 22.5 Å². The maximum atomic E-state index is 10.6. The van der Waals surface area contributed by atoms with Gasteiger partial charge in [-0.05, 0) is 50.3 Å². The first-order chi connectivity index (χ1) is 37.3. The fourth-order valence-corrected chi connectivity index (χ4v) is 9.63. The van der Waals surface area contributed by atoms with Crippen molar-refractivity contribution >= 4 is 34.5 Å². The van der Waals surface area contributed by atoms with E-state index in [4.69, 9.17) is 32.4 Å². The molecule has 2 aliphatic carbocycles. The van der Waals surface area contributed by atoms with Crippen LogP contribution in [-0.4, -0.2) is 60.1 Å². The van der Waals surface area contributed by atoms with E-state index in [0.717, 1.165) is 152 Å². The van der Waals surface area contributed by atoms with Gasteiger partial charge in [-0.15, -0.1) is 0 Å². The van der Waals surface area contributed by atoms with Gasteiger partial charge in [0.2, 0.25) is 0 Å². The molecular formula is C59H52N16O. The van der Waals surface area contributed by atoms with Crippen LogP contribution >= 0.6 is 0 Å². The maximum Gasteiger partial charge on any atom is 0.165 e. The first kappa shape index (κ1) is 48.4. The molecule has 1 unspecified atom stereocenters. The summed E-state index contributed by atoms with van der Waals surface area (Å²) in [6, 6.07) is 44.5. The van der Waals surface area contributed by atoms with Crippen LogP contribution in [0.2, 0.25) is 0 Å². The monoisotopic (exact) mass is 1000 g/mol. The Bertz CT molecular complexity index is 3670. The molecule has 374 valence electrons. The lowest BCUT2D eigenvalue weighted by atomic mass is 10.1. The molecule has 17 heteroatoms. The van der Waals surface area contributed by atoms with Crippen molar-refractivity contribution in [2.24, 2.45) is 5.92 Å². The molecule has 76 heavy (non-hydrogen) atoms. The van der Waals surface area contributed by atoms with Gasteiger partial charge in [0, 0.05) is 105 Å². The summed E-state index contributed by atoms with van der Waals surface area (Å²) in [6.45, 7) is 1.48. The van der Waals surface area contributed by atoms with Crippen molar-refractivity contribution in [3.63, 3.8) is 0 Å². The van der Waals surface area contributed by atoms with Crippen LogP contribution in [0.1, 0.15) is 48.2 Å². The summed E-state index contributed by atoms with van der Waals surface area (Å²) in [7, 11) is 0. The van der Waals surface area contributed by atoms with E-state index in [9.17, 15) is 4.79 Å². The van der Waals surface area contributed by atoms with Gasteiger partial charge in [0.1, 0.15) is 29.2 Å². The minimum atomic E-state index is -0.269. The zero-order valence-electron chi connectivity index (χ0n) is 41.4. The number of hydrogen-bond donors (Lipinski definition) is 5. The zero-order chi connectivity index (χ0) is 52.0. The SMILES string of the molecule is N#CC1CCCC1=O.Nc1[nH]ncc1-c1ccc(-c2ccccc2)nc1.Nc1c2c(nc3c(-c4ccc(-c5ccccc5)nc4)cnn13)CCC2.Nc1c2c(nc3c(-c4ccc(-c5ccccc5)nc4)cnn13)CNC2. The second-order valence-electron chi connectivity index (χ2n) is 18.5. The van der Waals surface area contributed by atoms with Crippen LogP contribution in [0.4, 0.5) is 17.5 Å². The third-order valence-corrected chi connectivity index (χ3v) is 13.7. The minimum absolute atomic E-state index is 0.132. The van der Waals surface area contributed by atoms with E-state index in [2.05, 4.69) is 77.1 Å². The number of aromatic nitrogens is 11. The lowest BCUT2D eigenvalue weighted by molar-refractivity contribution is -0.119. The highest BCUT2D eigenvalue weighted by molar-refractivity contribution is 5.85. The summed E-state index contributed by atoms with van der Waals surface area (Å²) in [4.78, 5) is 33.8. The van der Waals surface area contributed by atoms with Crippen molar-refractivity contribution < 1.29 is 4.79 Å². The number of nitrogens with zero attached hydrogens (tertiary/aromatic N) is 11. The fraction of sp³-hybridized carbons (Fsp3) is 0.153. The topological polar surface area (TPSA) is 259 Å². The molecule has 8 N–H and O–H groups in total. The van der Waals surface area contributed by atoms with E-state index in [1.54, 1.807) is 21.4 Å². The molecule has 0 radical (unpaired) electrons. The van der Waals surface area contributed by atoms with Crippen molar-refractivity contribution in [1.82, 2.24) is 59.7 Å². The number of pyridine rings is 3. The Kier molecular flexibility index (Phi) is 13.8. The molecule has 11 aromatic rings. The van der Waals surface area contributed by atoms with Crippen LogP contribution in [0.5, 0.6) is 0 Å². The Morgan fingerprint density at radius 2 is 1.01 bits per heavy atom. The third-order valence-electron chi connectivity index (χ3n) is 13.7. The van der Waals surface area contributed by atoms with Crippen LogP contribution in [0.3, 0.4) is 0 Å². The normalized spacial score (nSPS) is 14.1. The average Bonchev–Trinajstić information content (AvgIpc) is 4.38. The summed E-state index contributed by atoms with van der Waals surface area (Å²) < 4.78 is 3.47. The minimum Gasteiger partial charge on any atom is -0.384 e. The summed E-state index contributed by atoms with van der Waals surface area (Å²) >= 11 is 0. The fourth-order valence-electron chi connectivity index (χ4n) is 9.63. The van der Waals surface area contributed by atoms with Crippen molar-refractivity contribution in [2.45, 2.75) is 51.6 Å². The number of H-pyrrole nitrogens is 1. The second-order valence-corrected chi connectivity index (χ2v) is 18.5. The van der Waals surface area contributed by atoms with Crippen LogP contribution in [0.25, 0.3) is 78.4 Å². The number of aromatic amines is 1. The second kappa shape index (κ2) is 21.7. The van der Waals surface area contributed by atoms with Gasteiger partial charge in [0.15, 0.2) is 11.3 Å². The molecular weight excluding hydrogens is 949 g/mol. The average molecular weight is 1000 g/mol. The number of nitrogens with two attached hydrogens (primary N) is 3. The molecule has 0 spiro atoms. The molecule has 3 aliphatic rings. The van der Waals surface area contributed by atoms with Crippen molar-refractivity contribution in [3.05, 3.63) is 187 Å². The van der Waals surface area contributed by atoms with Gasteiger partial charge in [-0.1, -0.05) is 109 Å². The van der Waals surface area contributed by atoms with E-state index >= 15 is 0 Å². The van der Waals surface area contributed by atoms with Gasteiger partial charge in [-0.3, -0.25) is 24.8 Å². The smallest absolute Gasteiger partial charge is 0.165 e. The predicted octanol–water partition coefficient (Wildman–Crippen LogP) is 9.77. The Morgan fingerprint density at radius 1 is 0.513 bits per heavy atom. The zero-order valence-corrected chi connectivity index (χ0v) is 41.4. The number of benzene rings is 3. The van der Waals surface area contributed by atoms with Crippen molar-refractivity contribution in [2.75, 3.05) is 17.2 Å². The maximum absolute atomic E-state index is 10.6. The molecule has 3 aromatic carbocycles. The van der Waals surface area contributed by atoms with Gasteiger partial charge >= 0.3 is 0 Å². The quantitative estimate of drug-likeness (QED) is 0.104. The lowest BCUT2D eigenvalue weighted by Crippen LogP contribution is -2.06. The predicted molar refractivity (Wildman–Crippen MR) is 294 cm³/mol. The Balaban J connectivity index is 0.000000115. The largest absolute Gasteiger partial charge is 0.384 e. The number of carbonyl (C=O) groups excluding carboxylic acids is 1. The Labute approximate surface area is 437 Å². The summed E-state index contributed by atoms with van der Waals surface area (Å²) in [5, 5.41) is 27.0. The summed E-state index contributed by atoms with van der Waals surface area (Å²) in [5.41, 5.74) is 36.1. The molecule has 8 aromatic heterocycles. The first-order valence-electron chi connectivity index (χ1n) is 25.1. The highest BCUT2D eigenvalue weighted by Gasteiger charge is 2.24. The van der Waals surface area contributed by atoms with E-state index in [-0.39, 0.29) is 11.7 Å². The van der Waals surface area contributed by atoms with E-state index < -0.39 is 0 Å². The highest BCUT2D eigenvalue weighted by Crippen LogP contribution is 2.33. The van der Waals surface area contributed by atoms with E-state index in [0.29, 0.717) is 18.1 Å². The molecule has 0 bridgehead atoms. The molecule has 1 fully saturated rings. The number of nitriles is 1. The standard InChI is InChI=1S/C20H17N5.C19H16N6.C14H12N4.C6H7NO/c21-19-15-7-4-8-18(15)24-20-16(12-23-25(19)20)14-9-10-17(22-11-14)13-5-2-1-3-6-13;20-18-15-9-21-11-17(15)24-19-14(10-23-25(18)19)13-6-7-16(22-8-13)12-4-2-1-3-5-12;15-14-12(9-17-18-14)11-6-7-13(16-8-11)10-4-2-1-3-5-10;7-4-5-2-1-3-6(5)8/h1-3,5-6,9-12H,4,7-8,21H2;1-8,10,21H,9,11,20H2;1-9H,(H3,15,17,18);5H,1-3H2. The molecule has 0 saturated heterocycles. The van der Waals surface area contributed by atoms with Crippen molar-refractivity contribution in [3.8, 4) is 73.2 Å². The van der Waals surface area contributed by atoms with Gasteiger partial charge in [-0.25, -0.2) is 9.97 Å². The van der Waals surface area contributed by atoms with Crippen LogP contribution < -0.4 is 22.5 Å². The van der Waals surface area contributed by atoms with E-state index in [1.165, 1.54) is 0 Å².